The molecule has 1 aliphatic heterocycles. The molecule has 2 aromatic carbocycles. The molecule has 0 saturated carbocycles. The number of amides is 1. The second-order valence-corrected chi connectivity index (χ2v) is 5.85. The molecule has 1 saturated heterocycles. The summed E-state index contributed by atoms with van der Waals surface area (Å²) in [4.78, 5) is 14.5. The molecule has 1 fully saturated rings. The van der Waals surface area contributed by atoms with Crippen molar-refractivity contribution in [1.29, 1.82) is 0 Å². The Morgan fingerprint density at radius 1 is 1.14 bits per heavy atom. The lowest BCUT2D eigenvalue weighted by Crippen LogP contribution is -2.28. The number of benzene rings is 2. The zero-order valence-corrected chi connectivity index (χ0v) is 12.9. The fourth-order valence-electron chi connectivity index (χ4n) is 3.08. The predicted octanol–water partition coefficient (Wildman–Crippen LogP) is 4.37. The summed E-state index contributed by atoms with van der Waals surface area (Å²) in [5.74, 6) is 0.104. The van der Waals surface area contributed by atoms with Gasteiger partial charge in [0, 0.05) is 12.6 Å². The smallest absolute Gasteiger partial charge is 0.247 e. The van der Waals surface area contributed by atoms with Gasteiger partial charge in [-0.15, -0.1) is 0 Å². The van der Waals surface area contributed by atoms with Gasteiger partial charge in [0.05, 0.1) is 6.04 Å². The van der Waals surface area contributed by atoms with Crippen molar-refractivity contribution in [2.75, 3.05) is 6.54 Å². The molecule has 1 amide bonds. The fraction of sp³-hybridized carbons (Fsp3) is 0.250. The molecule has 112 valence electrons. The highest BCUT2D eigenvalue weighted by atomic mass is 16.2. The molecule has 1 heterocycles. The van der Waals surface area contributed by atoms with Crippen LogP contribution >= 0.6 is 0 Å². The summed E-state index contributed by atoms with van der Waals surface area (Å²) in [7, 11) is 0. The normalized spacial score (nSPS) is 18.0. The third-order valence-corrected chi connectivity index (χ3v) is 4.18. The van der Waals surface area contributed by atoms with Gasteiger partial charge in [0.15, 0.2) is 0 Å². The van der Waals surface area contributed by atoms with Crippen LogP contribution in [0.5, 0.6) is 0 Å². The molecule has 0 radical (unpaired) electrons. The molecule has 0 aromatic heterocycles. The van der Waals surface area contributed by atoms with E-state index in [9.17, 15) is 4.79 Å². The molecule has 2 nitrogen and oxygen atoms in total. The van der Waals surface area contributed by atoms with Gasteiger partial charge in [-0.25, -0.2) is 0 Å². The minimum Gasteiger partial charge on any atom is -0.332 e. The van der Waals surface area contributed by atoms with Gasteiger partial charge in [0.2, 0.25) is 5.91 Å². The Bertz CT molecular complexity index is 675. The van der Waals surface area contributed by atoms with Crippen molar-refractivity contribution in [2.24, 2.45) is 0 Å². The van der Waals surface area contributed by atoms with E-state index in [1.165, 1.54) is 11.1 Å². The Kier molecular flexibility index (Phi) is 4.38. The molecule has 0 aliphatic carbocycles. The van der Waals surface area contributed by atoms with Gasteiger partial charge >= 0.3 is 0 Å². The molecule has 2 heteroatoms. The molecule has 22 heavy (non-hydrogen) atoms. The van der Waals surface area contributed by atoms with Crippen molar-refractivity contribution < 1.29 is 4.79 Å². The van der Waals surface area contributed by atoms with Gasteiger partial charge in [0.25, 0.3) is 0 Å². The lowest BCUT2D eigenvalue weighted by Gasteiger charge is -2.24. The van der Waals surface area contributed by atoms with Gasteiger partial charge in [-0.1, -0.05) is 60.2 Å². The fourth-order valence-corrected chi connectivity index (χ4v) is 3.08. The van der Waals surface area contributed by atoms with Crippen LogP contribution in [0, 0.1) is 6.92 Å². The molecular formula is C20H21NO. The van der Waals surface area contributed by atoms with E-state index in [2.05, 4.69) is 31.2 Å². The van der Waals surface area contributed by atoms with Crippen molar-refractivity contribution in [3.05, 3.63) is 77.4 Å². The number of aryl methyl sites for hydroxylation is 1. The highest BCUT2D eigenvalue weighted by Crippen LogP contribution is 2.32. The first-order chi connectivity index (χ1) is 10.7. The van der Waals surface area contributed by atoms with Gasteiger partial charge < -0.3 is 4.90 Å². The van der Waals surface area contributed by atoms with E-state index in [4.69, 9.17) is 0 Å². The van der Waals surface area contributed by atoms with Crippen LogP contribution in [0.2, 0.25) is 0 Å². The Balaban J connectivity index is 1.75. The lowest BCUT2D eigenvalue weighted by molar-refractivity contribution is -0.126. The molecule has 3 rings (SSSR count). The van der Waals surface area contributed by atoms with Gasteiger partial charge in [-0.3, -0.25) is 4.79 Å². The van der Waals surface area contributed by atoms with Gasteiger partial charge in [-0.2, -0.15) is 0 Å². The van der Waals surface area contributed by atoms with Crippen molar-refractivity contribution in [3.8, 4) is 0 Å². The van der Waals surface area contributed by atoms with Crippen molar-refractivity contribution in [1.82, 2.24) is 4.90 Å². The minimum atomic E-state index is 0.104. The SMILES string of the molecule is Cc1cccc(C2CCCN2C(=O)/C=C/c2ccccc2)c1. The number of nitrogens with zero attached hydrogens (tertiary/aromatic N) is 1. The third kappa shape index (κ3) is 3.28. The number of carbonyl (C=O) groups is 1. The van der Waals surface area contributed by atoms with Crippen LogP contribution in [0.15, 0.2) is 60.7 Å². The summed E-state index contributed by atoms with van der Waals surface area (Å²) < 4.78 is 0. The molecule has 2 aromatic rings. The van der Waals surface area contributed by atoms with Crippen LogP contribution in [0.25, 0.3) is 6.08 Å². The van der Waals surface area contributed by atoms with Crippen LogP contribution < -0.4 is 0 Å². The molecule has 0 bridgehead atoms. The number of hydrogen-bond donors (Lipinski definition) is 0. The second-order valence-electron chi connectivity index (χ2n) is 5.85. The van der Waals surface area contributed by atoms with Crippen molar-refractivity contribution >= 4 is 12.0 Å². The molecular weight excluding hydrogens is 270 g/mol. The third-order valence-electron chi connectivity index (χ3n) is 4.18. The Labute approximate surface area is 132 Å². The summed E-state index contributed by atoms with van der Waals surface area (Å²) in [5.41, 5.74) is 3.55. The first-order valence-electron chi connectivity index (χ1n) is 7.84. The Hall–Kier alpha value is -2.35. The summed E-state index contributed by atoms with van der Waals surface area (Å²) in [6, 6.07) is 18.7. The zero-order chi connectivity index (χ0) is 15.4. The largest absolute Gasteiger partial charge is 0.332 e. The predicted molar refractivity (Wildman–Crippen MR) is 90.3 cm³/mol. The molecule has 1 atom stereocenters. The van der Waals surface area contributed by atoms with Crippen LogP contribution in [0.4, 0.5) is 0 Å². The van der Waals surface area contributed by atoms with E-state index >= 15 is 0 Å². The van der Waals surface area contributed by atoms with Gasteiger partial charge in [0.1, 0.15) is 0 Å². The first kappa shape index (κ1) is 14.6. The van der Waals surface area contributed by atoms with E-state index < -0.39 is 0 Å². The van der Waals surface area contributed by atoms with E-state index in [1.54, 1.807) is 6.08 Å². The maximum atomic E-state index is 12.5. The summed E-state index contributed by atoms with van der Waals surface area (Å²) in [5, 5.41) is 0. The summed E-state index contributed by atoms with van der Waals surface area (Å²) >= 11 is 0. The standard InChI is InChI=1S/C20H21NO/c1-16-7-5-10-18(15-16)19-11-6-14-21(19)20(22)13-12-17-8-3-2-4-9-17/h2-5,7-10,12-13,15,19H,6,11,14H2,1H3/b13-12+. The average molecular weight is 291 g/mol. The number of likely N-dealkylation sites (tertiary alicyclic amines) is 1. The summed E-state index contributed by atoms with van der Waals surface area (Å²) in [6.45, 7) is 2.94. The Morgan fingerprint density at radius 2 is 1.95 bits per heavy atom. The van der Waals surface area contributed by atoms with Gasteiger partial charge in [-0.05, 0) is 37.0 Å². The minimum absolute atomic E-state index is 0.104. The molecule has 0 spiro atoms. The number of hydrogen-bond acceptors (Lipinski definition) is 1. The van der Waals surface area contributed by atoms with E-state index in [-0.39, 0.29) is 11.9 Å². The maximum absolute atomic E-state index is 12.5. The second kappa shape index (κ2) is 6.61. The molecule has 0 N–H and O–H groups in total. The van der Waals surface area contributed by atoms with Crippen LogP contribution in [0.3, 0.4) is 0 Å². The van der Waals surface area contributed by atoms with E-state index in [1.807, 2.05) is 41.3 Å². The van der Waals surface area contributed by atoms with Crippen molar-refractivity contribution in [3.63, 3.8) is 0 Å². The lowest BCUT2D eigenvalue weighted by atomic mass is 10.0. The van der Waals surface area contributed by atoms with Crippen LogP contribution in [-0.4, -0.2) is 17.4 Å². The zero-order valence-electron chi connectivity index (χ0n) is 12.9. The first-order valence-corrected chi connectivity index (χ1v) is 7.84. The van der Waals surface area contributed by atoms with E-state index in [0.717, 1.165) is 24.9 Å². The number of rotatable bonds is 3. The number of carbonyl (C=O) groups excluding carboxylic acids is 1. The average Bonchev–Trinajstić information content (AvgIpc) is 3.03. The topological polar surface area (TPSA) is 20.3 Å². The van der Waals surface area contributed by atoms with E-state index in [0.29, 0.717) is 0 Å². The molecule has 1 unspecified atom stereocenters. The van der Waals surface area contributed by atoms with Crippen LogP contribution in [0.1, 0.15) is 35.6 Å². The van der Waals surface area contributed by atoms with Crippen molar-refractivity contribution in [2.45, 2.75) is 25.8 Å². The molecule has 1 aliphatic rings. The highest BCUT2D eigenvalue weighted by molar-refractivity contribution is 5.92. The van der Waals surface area contributed by atoms with Crippen LogP contribution in [-0.2, 0) is 4.79 Å². The summed E-state index contributed by atoms with van der Waals surface area (Å²) in [6.07, 6.45) is 5.72. The monoisotopic (exact) mass is 291 g/mol. The maximum Gasteiger partial charge on any atom is 0.247 e. The Morgan fingerprint density at radius 3 is 2.73 bits per heavy atom. The highest BCUT2D eigenvalue weighted by Gasteiger charge is 2.28. The quantitative estimate of drug-likeness (QED) is 0.769.